The Morgan fingerprint density at radius 2 is 2.33 bits per heavy atom. The topological polar surface area (TPSA) is 35.2 Å². The molecule has 1 saturated carbocycles. The van der Waals surface area contributed by atoms with Gasteiger partial charge in [0, 0.05) is 12.6 Å². The van der Waals surface area contributed by atoms with Crippen LogP contribution in [0.15, 0.2) is 0 Å². The van der Waals surface area contributed by atoms with Gasteiger partial charge in [-0.15, -0.1) is 0 Å². The highest BCUT2D eigenvalue weighted by Crippen LogP contribution is 2.20. The van der Waals surface area contributed by atoms with Crippen molar-refractivity contribution in [1.82, 2.24) is 0 Å². The quantitative estimate of drug-likeness (QED) is 0.668. The fraction of sp³-hybridized carbons (Fsp3) is 1.00. The van der Waals surface area contributed by atoms with Gasteiger partial charge in [0.25, 0.3) is 0 Å². The van der Waals surface area contributed by atoms with Gasteiger partial charge in [0.15, 0.2) is 0 Å². The molecule has 0 aromatic carbocycles. The van der Waals surface area contributed by atoms with Crippen molar-refractivity contribution in [1.29, 1.82) is 0 Å². The van der Waals surface area contributed by atoms with Crippen molar-refractivity contribution < 1.29 is 4.74 Å². The molecule has 1 rings (SSSR count). The molecule has 0 heterocycles. The Kier molecular flexibility index (Phi) is 5.04. The summed E-state index contributed by atoms with van der Waals surface area (Å²) in [5, 5.41) is 0. The Labute approximate surface area is 79.2 Å². The van der Waals surface area contributed by atoms with E-state index in [1.807, 2.05) is 11.8 Å². The third kappa shape index (κ3) is 3.33. The van der Waals surface area contributed by atoms with Crippen LogP contribution in [0.2, 0.25) is 0 Å². The predicted molar refractivity (Wildman–Crippen MR) is 54.6 cm³/mol. The van der Waals surface area contributed by atoms with Crippen LogP contribution in [-0.4, -0.2) is 30.8 Å². The summed E-state index contributed by atoms with van der Waals surface area (Å²) in [6.45, 7) is 0.888. The van der Waals surface area contributed by atoms with Crippen molar-refractivity contribution in [3.05, 3.63) is 0 Å². The number of hydrogen-bond donors (Lipinski definition) is 1. The van der Waals surface area contributed by atoms with E-state index in [-0.39, 0.29) is 0 Å². The van der Waals surface area contributed by atoms with E-state index in [1.165, 1.54) is 18.6 Å². The molecule has 12 heavy (non-hydrogen) atoms. The van der Waals surface area contributed by atoms with Crippen LogP contribution in [0.3, 0.4) is 0 Å². The highest BCUT2D eigenvalue weighted by molar-refractivity contribution is 7.98. The second-order valence-electron chi connectivity index (χ2n) is 3.35. The third-order valence-electron chi connectivity index (χ3n) is 2.33. The minimum Gasteiger partial charge on any atom is -0.377 e. The molecule has 0 spiro atoms. The van der Waals surface area contributed by atoms with E-state index >= 15 is 0 Å². The predicted octanol–water partition coefficient (Wildman–Crippen LogP) is 1.64. The number of nitrogens with two attached hydrogens (primary N) is 1. The molecule has 2 nitrogen and oxygen atoms in total. The molecule has 0 aliphatic heterocycles. The Hall–Kier alpha value is 0.270. The van der Waals surface area contributed by atoms with E-state index in [4.69, 9.17) is 10.5 Å². The van der Waals surface area contributed by atoms with Gasteiger partial charge in [-0.25, -0.2) is 0 Å². The third-order valence-corrected chi connectivity index (χ3v) is 3.03. The molecule has 0 aromatic rings. The van der Waals surface area contributed by atoms with Gasteiger partial charge in [-0.05, 0) is 37.7 Å². The average molecular weight is 189 g/mol. The first-order valence-electron chi connectivity index (χ1n) is 4.70. The lowest BCUT2D eigenvalue weighted by Gasteiger charge is -2.15. The first-order valence-corrected chi connectivity index (χ1v) is 6.10. The zero-order valence-corrected chi connectivity index (χ0v) is 8.61. The second-order valence-corrected chi connectivity index (χ2v) is 4.34. The van der Waals surface area contributed by atoms with Crippen LogP contribution < -0.4 is 5.73 Å². The average Bonchev–Trinajstić information content (AvgIpc) is 2.46. The molecule has 3 heteroatoms. The van der Waals surface area contributed by atoms with Crippen LogP contribution >= 0.6 is 11.8 Å². The Morgan fingerprint density at radius 3 is 2.92 bits per heavy atom. The van der Waals surface area contributed by atoms with E-state index in [0.717, 1.165) is 19.4 Å². The Morgan fingerprint density at radius 1 is 1.50 bits per heavy atom. The Balaban J connectivity index is 1.98. The summed E-state index contributed by atoms with van der Waals surface area (Å²) in [7, 11) is 0. The Bertz CT molecular complexity index is 121. The van der Waals surface area contributed by atoms with E-state index in [2.05, 4.69) is 6.26 Å². The van der Waals surface area contributed by atoms with E-state index in [1.54, 1.807) is 0 Å². The van der Waals surface area contributed by atoms with Gasteiger partial charge in [0.05, 0.1) is 6.10 Å². The highest BCUT2D eigenvalue weighted by Gasteiger charge is 2.23. The highest BCUT2D eigenvalue weighted by atomic mass is 32.2. The molecule has 2 atom stereocenters. The molecule has 0 aromatic heterocycles. The molecule has 1 aliphatic rings. The maximum absolute atomic E-state index is 5.86. The summed E-state index contributed by atoms with van der Waals surface area (Å²) >= 11 is 1.87. The van der Waals surface area contributed by atoms with Crippen molar-refractivity contribution in [3.63, 3.8) is 0 Å². The summed E-state index contributed by atoms with van der Waals surface area (Å²) in [6.07, 6.45) is 7.19. The SMILES string of the molecule is CSCCCOC1CCCC1N. The van der Waals surface area contributed by atoms with E-state index < -0.39 is 0 Å². The molecule has 0 saturated heterocycles. The first-order chi connectivity index (χ1) is 5.84. The lowest BCUT2D eigenvalue weighted by molar-refractivity contribution is 0.0490. The maximum atomic E-state index is 5.86. The zero-order chi connectivity index (χ0) is 8.81. The minimum absolute atomic E-state index is 0.305. The van der Waals surface area contributed by atoms with Crippen molar-refractivity contribution in [2.24, 2.45) is 5.73 Å². The number of rotatable bonds is 5. The fourth-order valence-electron chi connectivity index (χ4n) is 1.60. The molecule has 1 aliphatic carbocycles. The lowest BCUT2D eigenvalue weighted by atomic mass is 10.2. The second kappa shape index (κ2) is 5.84. The van der Waals surface area contributed by atoms with Crippen LogP contribution in [0.25, 0.3) is 0 Å². The van der Waals surface area contributed by atoms with E-state index in [9.17, 15) is 0 Å². The number of hydrogen-bond acceptors (Lipinski definition) is 3. The normalized spacial score (nSPS) is 29.5. The monoisotopic (exact) mass is 189 g/mol. The van der Waals surface area contributed by atoms with Gasteiger partial charge in [-0.3, -0.25) is 0 Å². The molecule has 0 radical (unpaired) electrons. The number of thioether (sulfide) groups is 1. The molecular formula is C9H19NOS. The molecule has 0 bridgehead atoms. The van der Waals surface area contributed by atoms with Gasteiger partial charge in [-0.1, -0.05) is 0 Å². The standard InChI is InChI=1S/C9H19NOS/c1-12-7-3-6-11-9-5-2-4-8(9)10/h8-9H,2-7,10H2,1H3. The fourth-order valence-corrected chi connectivity index (χ4v) is 2.01. The zero-order valence-electron chi connectivity index (χ0n) is 7.79. The van der Waals surface area contributed by atoms with Crippen molar-refractivity contribution >= 4 is 11.8 Å². The molecule has 0 amide bonds. The summed E-state index contributed by atoms with van der Waals surface area (Å²) in [6, 6.07) is 0.305. The van der Waals surface area contributed by atoms with Crippen LogP contribution in [0.1, 0.15) is 25.7 Å². The first kappa shape index (κ1) is 10.4. The van der Waals surface area contributed by atoms with Gasteiger partial charge >= 0.3 is 0 Å². The molecule has 72 valence electrons. The van der Waals surface area contributed by atoms with E-state index in [0.29, 0.717) is 12.1 Å². The van der Waals surface area contributed by atoms with Crippen LogP contribution in [-0.2, 0) is 4.74 Å². The summed E-state index contributed by atoms with van der Waals surface area (Å²) < 4.78 is 5.68. The minimum atomic E-state index is 0.305. The van der Waals surface area contributed by atoms with Crippen molar-refractivity contribution in [2.45, 2.75) is 37.8 Å². The molecule has 2 N–H and O–H groups in total. The summed E-state index contributed by atoms with van der Waals surface area (Å²) in [5.74, 6) is 1.20. The number of ether oxygens (including phenoxy) is 1. The summed E-state index contributed by atoms with van der Waals surface area (Å²) in [4.78, 5) is 0. The largest absolute Gasteiger partial charge is 0.377 e. The van der Waals surface area contributed by atoms with Crippen molar-refractivity contribution in [3.8, 4) is 0 Å². The molecule has 1 fully saturated rings. The van der Waals surface area contributed by atoms with Crippen molar-refractivity contribution in [2.75, 3.05) is 18.6 Å². The van der Waals surface area contributed by atoms with Crippen LogP contribution in [0, 0.1) is 0 Å². The van der Waals surface area contributed by atoms with Gasteiger partial charge in [0.2, 0.25) is 0 Å². The smallest absolute Gasteiger partial charge is 0.0725 e. The van der Waals surface area contributed by atoms with Crippen LogP contribution in [0.5, 0.6) is 0 Å². The van der Waals surface area contributed by atoms with Crippen LogP contribution in [0.4, 0.5) is 0 Å². The van der Waals surface area contributed by atoms with Gasteiger partial charge in [0.1, 0.15) is 0 Å². The maximum Gasteiger partial charge on any atom is 0.0725 e. The van der Waals surface area contributed by atoms with Gasteiger partial charge < -0.3 is 10.5 Å². The lowest BCUT2D eigenvalue weighted by Crippen LogP contribution is -2.31. The van der Waals surface area contributed by atoms with Gasteiger partial charge in [-0.2, -0.15) is 11.8 Å². The molecular weight excluding hydrogens is 170 g/mol. The summed E-state index contributed by atoms with van der Waals surface area (Å²) in [5.41, 5.74) is 5.86. The molecule has 2 unspecified atom stereocenters.